The maximum atomic E-state index is 5.67. The number of hydrogen-bond donors (Lipinski definition) is 0. The van der Waals surface area contributed by atoms with Crippen molar-refractivity contribution in [2.75, 3.05) is 24.2 Å². The molecule has 0 aliphatic carbocycles. The van der Waals surface area contributed by atoms with Crippen molar-refractivity contribution in [1.82, 2.24) is 10.2 Å². The molecule has 0 bridgehead atoms. The zero-order valence-electron chi connectivity index (χ0n) is 8.69. The number of alkyl halides is 1. The van der Waals surface area contributed by atoms with Gasteiger partial charge in [0.25, 0.3) is 0 Å². The molecule has 82 valence electrons. The van der Waals surface area contributed by atoms with Gasteiger partial charge in [-0.05, 0) is 24.8 Å². The lowest BCUT2D eigenvalue weighted by atomic mass is 10.4. The van der Waals surface area contributed by atoms with E-state index >= 15 is 0 Å². The number of nitrogens with zero attached hydrogens (tertiary/aromatic N) is 3. The van der Waals surface area contributed by atoms with Crippen LogP contribution in [-0.2, 0) is 5.88 Å². The summed E-state index contributed by atoms with van der Waals surface area (Å²) in [6.45, 7) is 2.16. The van der Waals surface area contributed by atoms with Crippen LogP contribution in [0, 0.1) is 0 Å². The molecule has 2 heterocycles. The Bertz CT molecular complexity index is 317. The van der Waals surface area contributed by atoms with E-state index in [2.05, 4.69) is 21.4 Å². The SMILES string of the molecule is CSC1CCN(c2ccc(CCl)nn2)C1. The lowest BCUT2D eigenvalue weighted by Gasteiger charge is -2.16. The predicted molar refractivity (Wildman–Crippen MR) is 65.7 cm³/mol. The van der Waals surface area contributed by atoms with Gasteiger partial charge >= 0.3 is 0 Å². The van der Waals surface area contributed by atoms with E-state index in [0.29, 0.717) is 5.88 Å². The Balaban J connectivity index is 2.04. The maximum Gasteiger partial charge on any atom is 0.151 e. The number of hydrogen-bond acceptors (Lipinski definition) is 4. The normalized spacial score (nSPS) is 20.9. The highest BCUT2D eigenvalue weighted by Crippen LogP contribution is 2.23. The van der Waals surface area contributed by atoms with Crippen molar-refractivity contribution in [3.63, 3.8) is 0 Å². The molecule has 1 aromatic rings. The fraction of sp³-hybridized carbons (Fsp3) is 0.600. The Morgan fingerprint density at radius 2 is 2.40 bits per heavy atom. The molecule has 1 aliphatic rings. The monoisotopic (exact) mass is 243 g/mol. The molecular weight excluding hydrogens is 230 g/mol. The van der Waals surface area contributed by atoms with Gasteiger partial charge < -0.3 is 4.90 Å². The third-order valence-corrected chi connectivity index (χ3v) is 3.97. The van der Waals surface area contributed by atoms with Gasteiger partial charge in [-0.2, -0.15) is 16.9 Å². The summed E-state index contributed by atoms with van der Waals surface area (Å²) >= 11 is 7.59. The standard InChI is InChI=1S/C10H14ClN3S/c1-15-9-4-5-14(7-9)10-3-2-8(6-11)12-13-10/h2-3,9H,4-7H2,1H3. The molecule has 1 aromatic heterocycles. The highest BCUT2D eigenvalue weighted by atomic mass is 35.5. The van der Waals surface area contributed by atoms with Crippen molar-refractivity contribution in [1.29, 1.82) is 0 Å². The number of halogens is 1. The van der Waals surface area contributed by atoms with Crippen LogP contribution in [0.15, 0.2) is 12.1 Å². The number of anilines is 1. The molecule has 0 N–H and O–H groups in total. The van der Waals surface area contributed by atoms with Gasteiger partial charge in [0, 0.05) is 18.3 Å². The zero-order valence-corrected chi connectivity index (χ0v) is 10.3. The topological polar surface area (TPSA) is 29.0 Å². The molecule has 0 aromatic carbocycles. The Morgan fingerprint density at radius 3 is 2.93 bits per heavy atom. The number of thioether (sulfide) groups is 1. The van der Waals surface area contributed by atoms with Crippen LogP contribution in [0.4, 0.5) is 5.82 Å². The van der Waals surface area contributed by atoms with Gasteiger partial charge in [-0.3, -0.25) is 0 Å². The van der Waals surface area contributed by atoms with E-state index in [0.717, 1.165) is 29.9 Å². The van der Waals surface area contributed by atoms with Gasteiger partial charge in [0.2, 0.25) is 0 Å². The molecule has 5 heteroatoms. The molecule has 0 spiro atoms. The second kappa shape index (κ2) is 5.03. The molecule has 0 saturated carbocycles. The second-order valence-electron chi connectivity index (χ2n) is 3.61. The highest BCUT2D eigenvalue weighted by molar-refractivity contribution is 7.99. The first-order valence-corrected chi connectivity index (χ1v) is 6.82. The van der Waals surface area contributed by atoms with E-state index < -0.39 is 0 Å². The fourth-order valence-corrected chi connectivity index (χ4v) is 2.53. The van der Waals surface area contributed by atoms with Gasteiger partial charge in [-0.1, -0.05) is 0 Å². The average molecular weight is 244 g/mol. The fourth-order valence-electron chi connectivity index (χ4n) is 1.72. The number of aromatic nitrogens is 2. The summed E-state index contributed by atoms with van der Waals surface area (Å²) in [6.07, 6.45) is 3.40. The van der Waals surface area contributed by atoms with E-state index in [4.69, 9.17) is 11.6 Å². The molecule has 1 unspecified atom stereocenters. The van der Waals surface area contributed by atoms with Gasteiger partial charge in [0.05, 0.1) is 11.6 Å². The van der Waals surface area contributed by atoms with Gasteiger partial charge in [0.1, 0.15) is 0 Å². The Morgan fingerprint density at radius 1 is 1.53 bits per heavy atom. The molecule has 2 rings (SSSR count). The molecular formula is C10H14ClN3S. The van der Waals surface area contributed by atoms with Gasteiger partial charge in [-0.15, -0.1) is 16.7 Å². The first-order valence-electron chi connectivity index (χ1n) is 5.00. The molecule has 15 heavy (non-hydrogen) atoms. The highest BCUT2D eigenvalue weighted by Gasteiger charge is 2.22. The Hall–Kier alpha value is -0.480. The lowest BCUT2D eigenvalue weighted by Crippen LogP contribution is -2.21. The molecule has 1 aliphatic heterocycles. The summed E-state index contributed by atoms with van der Waals surface area (Å²) in [4.78, 5) is 2.28. The molecule has 1 fully saturated rings. The third-order valence-electron chi connectivity index (χ3n) is 2.64. The van der Waals surface area contributed by atoms with E-state index in [1.807, 2.05) is 23.9 Å². The van der Waals surface area contributed by atoms with Crippen LogP contribution in [0.1, 0.15) is 12.1 Å². The van der Waals surface area contributed by atoms with E-state index in [1.165, 1.54) is 6.42 Å². The number of rotatable bonds is 3. The molecule has 1 saturated heterocycles. The van der Waals surface area contributed by atoms with Gasteiger partial charge in [-0.25, -0.2) is 0 Å². The van der Waals surface area contributed by atoms with Crippen LogP contribution in [0.2, 0.25) is 0 Å². The summed E-state index contributed by atoms with van der Waals surface area (Å²) in [5.41, 5.74) is 0.834. The van der Waals surface area contributed by atoms with E-state index in [9.17, 15) is 0 Å². The Kier molecular flexibility index (Phi) is 3.70. The largest absolute Gasteiger partial charge is 0.354 e. The van der Waals surface area contributed by atoms with Crippen LogP contribution in [0.25, 0.3) is 0 Å². The zero-order chi connectivity index (χ0) is 10.7. The molecule has 0 amide bonds. The molecule has 1 atom stereocenters. The van der Waals surface area contributed by atoms with Crippen molar-refractivity contribution in [3.05, 3.63) is 17.8 Å². The second-order valence-corrected chi connectivity index (χ2v) is 5.01. The minimum Gasteiger partial charge on any atom is -0.354 e. The van der Waals surface area contributed by atoms with Crippen molar-refractivity contribution in [2.24, 2.45) is 0 Å². The minimum absolute atomic E-state index is 0.431. The van der Waals surface area contributed by atoms with Crippen molar-refractivity contribution >= 4 is 29.2 Å². The summed E-state index contributed by atoms with van der Waals surface area (Å²) in [5, 5.41) is 8.98. The summed E-state index contributed by atoms with van der Waals surface area (Å²) < 4.78 is 0. The van der Waals surface area contributed by atoms with Gasteiger partial charge in [0.15, 0.2) is 5.82 Å². The first kappa shape index (κ1) is 11.0. The van der Waals surface area contributed by atoms with E-state index in [1.54, 1.807) is 0 Å². The molecule has 3 nitrogen and oxygen atoms in total. The first-order chi connectivity index (χ1) is 7.33. The smallest absolute Gasteiger partial charge is 0.151 e. The third kappa shape index (κ3) is 2.55. The summed E-state index contributed by atoms with van der Waals surface area (Å²) in [5.74, 6) is 1.40. The average Bonchev–Trinajstić information content (AvgIpc) is 2.78. The van der Waals surface area contributed by atoms with Crippen molar-refractivity contribution in [3.8, 4) is 0 Å². The lowest BCUT2D eigenvalue weighted by molar-refractivity contribution is 0.877. The van der Waals surface area contributed by atoms with Crippen LogP contribution in [0.3, 0.4) is 0 Å². The predicted octanol–water partition coefficient (Wildman–Crippen LogP) is 2.16. The maximum absolute atomic E-state index is 5.67. The summed E-state index contributed by atoms with van der Waals surface area (Å²) in [6, 6.07) is 3.95. The van der Waals surface area contributed by atoms with Crippen molar-refractivity contribution < 1.29 is 0 Å². The molecule has 0 radical (unpaired) electrons. The van der Waals surface area contributed by atoms with Crippen LogP contribution in [-0.4, -0.2) is 34.8 Å². The van der Waals surface area contributed by atoms with Crippen LogP contribution in [0.5, 0.6) is 0 Å². The Labute approximate surface area is 99.2 Å². The van der Waals surface area contributed by atoms with Crippen LogP contribution >= 0.6 is 23.4 Å². The minimum atomic E-state index is 0.431. The van der Waals surface area contributed by atoms with Crippen molar-refractivity contribution in [2.45, 2.75) is 17.6 Å². The van der Waals surface area contributed by atoms with Crippen LogP contribution < -0.4 is 4.90 Å². The van der Waals surface area contributed by atoms with E-state index in [-0.39, 0.29) is 0 Å². The summed E-state index contributed by atoms with van der Waals surface area (Å²) in [7, 11) is 0. The quantitative estimate of drug-likeness (QED) is 0.761.